The molecule has 2 aromatic rings. The molecule has 3 heterocycles. The minimum Gasteiger partial charge on any atom is -0.406 e. The van der Waals surface area contributed by atoms with Gasteiger partial charge in [0.05, 0.1) is 10.6 Å². The number of hydrogen-bond acceptors (Lipinski definition) is 4. The highest BCUT2D eigenvalue weighted by Gasteiger charge is 2.49. The Labute approximate surface area is 158 Å². The summed E-state index contributed by atoms with van der Waals surface area (Å²) in [7, 11) is 0. The molecule has 27 heavy (non-hydrogen) atoms. The first-order valence-electron chi connectivity index (χ1n) is 7.84. The Bertz CT molecular complexity index is 969. The van der Waals surface area contributed by atoms with Crippen molar-refractivity contribution in [2.24, 2.45) is 0 Å². The number of nitrogens with zero attached hydrogens (tertiary/aromatic N) is 1. The lowest BCUT2D eigenvalue weighted by Gasteiger charge is -2.47. The molecule has 0 aliphatic carbocycles. The molecule has 0 radical (unpaired) electrons. The van der Waals surface area contributed by atoms with Crippen LogP contribution < -0.4 is 10.1 Å². The number of benzene rings is 1. The van der Waals surface area contributed by atoms with Crippen molar-refractivity contribution in [1.82, 2.24) is 10.2 Å². The summed E-state index contributed by atoms with van der Waals surface area (Å²) in [6, 6.07) is 1.57. The fourth-order valence-corrected chi connectivity index (χ4v) is 4.98. The fraction of sp³-hybridized carbons (Fsp3) is 0.375. The maximum absolute atomic E-state index is 14.2. The molecule has 1 spiro atoms. The summed E-state index contributed by atoms with van der Waals surface area (Å²) < 4.78 is 55.1. The fourth-order valence-electron chi connectivity index (χ4n) is 3.43. The molecule has 2 aliphatic rings. The van der Waals surface area contributed by atoms with Crippen molar-refractivity contribution in [3.05, 3.63) is 27.8 Å². The average molecular weight is 423 g/mol. The van der Waals surface area contributed by atoms with E-state index in [0.29, 0.717) is 32.0 Å². The van der Waals surface area contributed by atoms with Gasteiger partial charge in [0.25, 0.3) is 5.91 Å². The predicted octanol–water partition coefficient (Wildman–Crippen LogP) is 3.70. The molecule has 2 saturated heterocycles. The normalized spacial score (nSPS) is 18.7. The third kappa shape index (κ3) is 3.20. The van der Waals surface area contributed by atoms with E-state index >= 15 is 0 Å². The lowest BCUT2D eigenvalue weighted by Crippen LogP contribution is -2.68. The Kier molecular flexibility index (Phi) is 4.04. The highest BCUT2D eigenvalue weighted by molar-refractivity contribution is 7.21. The number of amides is 2. The molecule has 5 nitrogen and oxygen atoms in total. The largest absolute Gasteiger partial charge is 0.573 e. The van der Waals surface area contributed by atoms with Crippen LogP contribution in [0.1, 0.15) is 22.5 Å². The molecule has 2 amide bonds. The van der Waals surface area contributed by atoms with E-state index in [2.05, 4.69) is 10.1 Å². The van der Waals surface area contributed by atoms with Gasteiger partial charge in [0.1, 0.15) is 16.4 Å². The van der Waals surface area contributed by atoms with Crippen molar-refractivity contribution < 1.29 is 31.9 Å². The van der Waals surface area contributed by atoms with E-state index in [0.717, 1.165) is 17.4 Å². The standard InChI is InChI=1S/C16H11ClF4N2O3S/c17-12-11-8(18)3-7(26-16(19,20)21)4-9(11)27-13(12)14(25)23-5-15(6-23)2-1-10(24)22-15/h3-4H,1-2,5-6H2,(H,22,24). The second-order valence-electron chi connectivity index (χ2n) is 6.56. The molecule has 11 heteroatoms. The molecule has 0 bridgehead atoms. The van der Waals surface area contributed by atoms with E-state index in [1.807, 2.05) is 0 Å². The van der Waals surface area contributed by atoms with Crippen molar-refractivity contribution in [1.29, 1.82) is 0 Å². The smallest absolute Gasteiger partial charge is 0.406 e. The molecule has 144 valence electrons. The number of thiophene rings is 1. The maximum Gasteiger partial charge on any atom is 0.573 e. The molecular formula is C16H11ClF4N2O3S. The Morgan fingerprint density at radius 1 is 1.33 bits per heavy atom. The zero-order chi connectivity index (χ0) is 19.6. The molecule has 2 aliphatic heterocycles. The van der Waals surface area contributed by atoms with Gasteiger partial charge in [-0.2, -0.15) is 0 Å². The van der Waals surface area contributed by atoms with Gasteiger partial charge in [-0.05, 0) is 12.5 Å². The monoisotopic (exact) mass is 422 g/mol. The van der Waals surface area contributed by atoms with Gasteiger partial charge in [-0.1, -0.05) is 11.6 Å². The highest BCUT2D eigenvalue weighted by Crippen LogP contribution is 2.42. The molecule has 4 rings (SSSR count). The zero-order valence-electron chi connectivity index (χ0n) is 13.5. The number of fused-ring (bicyclic) bond motifs is 1. The molecule has 1 aromatic carbocycles. The molecule has 2 fully saturated rings. The molecule has 0 atom stereocenters. The minimum atomic E-state index is -4.96. The third-order valence-electron chi connectivity index (χ3n) is 4.60. The quantitative estimate of drug-likeness (QED) is 0.751. The van der Waals surface area contributed by atoms with E-state index in [1.54, 1.807) is 0 Å². The lowest BCUT2D eigenvalue weighted by molar-refractivity contribution is -0.274. The topological polar surface area (TPSA) is 58.6 Å². The summed E-state index contributed by atoms with van der Waals surface area (Å²) in [4.78, 5) is 25.5. The predicted molar refractivity (Wildman–Crippen MR) is 89.5 cm³/mol. The van der Waals surface area contributed by atoms with E-state index in [1.165, 1.54) is 4.90 Å². The summed E-state index contributed by atoms with van der Waals surface area (Å²) in [5.74, 6) is -2.25. The van der Waals surface area contributed by atoms with Gasteiger partial charge < -0.3 is 15.0 Å². The molecule has 1 N–H and O–H groups in total. The molecule has 0 saturated carbocycles. The first kappa shape index (κ1) is 18.3. The van der Waals surface area contributed by atoms with Gasteiger partial charge in [-0.3, -0.25) is 9.59 Å². The third-order valence-corrected chi connectivity index (χ3v) is 6.21. The van der Waals surface area contributed by atoms with Gasteiger partial charge in [-0.15, -0.1) is 24.5 Å². The number of carbonyl (C=O) groups is 2. The van der Waals surface area contributed by atoms with Crippen LogP contribution in [0.5, 0.6) is 5.75 Å². The SMILES string of the molecule is O=C1CCC2(CN(C(=O)c3sc4cc(OC(F)(F)F)cc(F)c4c3Cl)C2)N1. The second kappa shape index (κ2) is 5.96. The number of rotatable bonds is 2. The van der Waals surface area contributed by atoms with Crippen molar-refractivity contribution in [2.75, 3.05) is 13.1 Å². The summed E-state index contributed by atoms with van der Waals surface area (Å²) in [5.41, 5.74) is -0.422. The van der Waals surface area contributed by atoms with Crippen molar-refractivity contribution in [3.63, 3.8) is 0 Å². The minimum absolute atomic E-state index is 0.0360. The van der Waals surface area contributed by atoms with Gasteiger partial charge in [-0.25, -0.2) is 4.39 Å². The van der Waals surface area contributed by atoms with Gasteiger partial charge >= 0.3 is 6.36 Å². The van der Waals surface area contributed by atoms with Crippen LogP contribution in [0.4, 0.5) is 17.6 Å². The van der Waals surface area contributed by atoms with Crippen LogP contribution in [0.3, 0.4) is 0 Å². The summed E-state index contributed by atoms with van der Waals surface area (Å²) in [5, 5.41) is 2.57. The molecule has 0 unspecified atom stereocenters. The van der Waals surface area contributed by atoms with Crippen molar-refractivity contribution >= 4 is 44.8 Å². The van der Waals surface area contributed by atoms with Crippen LogP contribution in [0.2, 0.25) is 5.02 Å². The Balaban J connectivity index is 1.61. The van der Waals surface area contributed by atoms with Crippen LogP contribution in [-0.4, -0.2) is 41.7 Å². The van der Waals surface area contributed by atoms with Gasteiger partial charge in [0.2, 0.25) is 5.91 Å². The van der Waals surface area contributed by atoms with E-state index < -0.39 is 29.4 Å². The number of alkyl halides is 3. The van der Waals surface area contributed by atoms with E-state index in [9.17, 15) is 27.2 Å². The lowest BCUT2D eigenvalue weighted by atomic mass is 9.88. The van der Waals surface area contributed by atoms with Crippen LogP contribution in [0.15, 0.2) is 12.1 Å². The van der Waals surface area contributed by atoms with Crippen LogP contribution in [-0.2, 0) is 4.79 Å². The zero-order valence-corrected chi connectivity index (χ0v) is 15.0. The summed E-state index contributed by atoms with van der Waals surface area (Å²) in [6.45, 7) is 0.625. The van der Waals surface area contributed by atoms with E-state index in [4.69, 9.17) is 11.6 Å². The molecule has 1 aromatic heterocycles. The maximum atomic E-state index is 14.2. The Morgan fingerprint density at radius 3 is 2.63 bits per heavy atom. The van der Waals surface area contributed by atoms with Gasteiger partial charge in [0, 0.05) is 35.7 Å². The van der Waals surface area contributed by atoms with Crippen molar-refractivity contribution in [2.45, 2.75) is 24.7 Å². The number of ether oxygens (including phenoxy) is 1. The summed E-state index contributed by atoms with van der Waals surface area (Å²) >= 11 is 6.93. The number of carbonyl (C=O) groups excluding carboxylic acids is 2. The highest BCUT2D eigenvalue weighted by atomic mass is 35.5. The first-order valence-corrected chi connectivity index (χ1v) is 9.04. The summed E-state index contributed by atoms with van der Waals surface area (Å²) in [6.07, 6.45) is -3.93. The second-order valence-corrected chi connectivity index (χ2v) is 7.99. The van der Waals surface area contributed by atoms with Crippen LogP contribution in [0.25, 0.3) is 10.1 Å². The number of hydrogen-bond donors (Lipinski definition) is 1. The Morgan fingerprint density at radius 2 is 2.04 bits per heavy atom. The molecular weight excluding hydrogens is 412 g/mol. The Hall–Kier alpha value is -2.07. The number of halogens is 5. The van der Waals surface area contributed by atoms with Crippen LogP contribution >= 0.6 is 22.9 Å². The average Bonchev–Trinajstić information content (AvgIpc) is 3.04. The number of likely N-dealkylation sites (tertiary alicyclic amines) is 1. The number of nitrogens with one attached hydrogen (secondary N) is 1. The van der Waals surface area contributed by atoms with Crippen molar-refractivity contribution in [3.8, 4) is 5.75 Å². The first-order chi connectivity index (χ1) is 12.6. The van der Waals surface area contributed by atoms with Crippen LogP contribution in [0, 0.1) is 5.82 Å². The van der Waals surface area contributed by atoms with Gasteiger partial charge in [0.15, 0.2) is 0 Å². The van der Waals surface area contributed by atoms with E-state index in [-0.39, 0.29) is 25.9 Å².